The first-order valence-corrected chi connectivity index (χ1v) is 18.0. The Morgan fingerprint density at radius 3 is 1.74 bits per heavy atom. The van der Waals surface area contributed by atoms with Crippen LogP contribution in [0.3, 0.4) is 0 Å². The van der Waals surface area contributed by atoms with Gasteiger partial charge in [-0.05, 0) is 134 Å². The fourth-order valence-electron chi connectivity index (χ4n) is 10.3. The van der Waals surface area contributed by atoms with E-state index in [-0.39, 0.29) is 52.2 Å². The average molecular weight is 631 g/mol. The van der Waals surface area contributed by atoms with Crippen LogP contribution in [-0.4, -0.2) is 46.3 Å². The van der Waals surface area contributed by atoms with Crippen molar-refractivity contribution in [2.24, 2.45) is 17.8 Å². The number of hydrogen-bond donors (Lipinski definition) is 2. The van der Waals surface area contributed by atoms with Gasteiger partial charge in [0, 0.05) is 47.8 Å². The first-order chi connectivity index (χ1) is 21.5. The van der Waals surface area contributed by atoms with Gasteiger partial charge in [-0.25, -0.2) is 4.79 Å². The number of nitrogens with one attached hydrogen (secondary N) is 2. The molecule has 2 N–H and O–H groups in total. The lowest BCUT2D eigenvalue weighted by Gasteiger charge is -2.46. The van der Waals surface area contributed by atoms with E-state index in [0.717, 1.165) is 80.7 Å². The van der Waals surface area contributed by atoms with Crippen molar-refractivity contribution in [3.8, 4) is 0 Å². The van der Waals surface area contributed by atoms with E-state index in [9.17, 15) is 9.59 Å². The minimum atomic E-state index is -0.183. The zero-order valence-corrected chi connectivity index (χ0v) is 29.6. The normalized spacial score (nSPS) is 30.7. The minimum Gasteiger partial charge on any atom is -0.462 e. The highest BCUT2D eigenvalue weighted by atomic mass is 16.5. The van der Waals surface area contributed by atoms with Crippen LogP contribution in [0.2, 0.25) is 0 Å². The molecule has 46 heavy (non-hydrogen) atoms. The topological polar surface area (TPSA) is 76.7 Å². The highest BCUT2D eigenvalue weighted by molar-refractivity contribution is 5.97. The van der Waals surface area contributed by atoms with Gasteiger partial charge in [0.15, 0.2) is 0 Å². The van der Waals surface area contributed by atoms with Crippen LogP contribution in [0.1, 0.15) is 141 Å². The Balaban J connectivity index is 1.14. The SMILES string of the molecule is CC1(C)CC(OC(=O)c2cc3ccccc3cc2C2CCC3CC(C(=O)OC4CC(C)(C)NC(C)(C)C4)CCC3C2)CC(C)(C)N1. The Bertz CT molecular complexity index is 1430. The van der Waals surface area contributed by atoms with E-state index in [1.807, 2.05) is 6.07 Å². The standard InChI is InChI=1S/C40H58N2O4/c1-37(2)21-31(22-38(3,4)41-37)45-35(43)30-16-14-27-17-29(15-13-28(27)18-30)33-19-25-11-9-10-12-26(25)20-34(33)36(44)46-32-23-39(5,6)42-40(7,8)24-32/h9-12,19-20,27-32,41-42H,13-18,21-24H2,1-8H3. The van der Waals surface area contributed by atoms with Crippen LogP contribution < -0.4 is 10.6 Å². The molecular formula is C40H58N2O4. The van der Waals surface area contributed by atoms with E-state index in [1.54, 1.807) is 0 Å². The van der Waals surface area contributed by atoms with Gasteiger partial charge < -0.3 is 20.1 Å². The third-order valence-corrected chi connectivity index (χ3v) is 11.4. The van der Waals surface area contributed by atoms with Gasteiger partial charge in [-0.1, -0.05) is 30.3 Å². The second-order valence-corrected chi connectivity index (χ2v) is 18.0. The van der Waals surface area contributed by atoms with Crippen LogP contribution in [0.15, 0.2) is 36.4 Å². The number of fused-ring (bicyclic) bond motifs is 2. The van der Waals surface area contributed by atoms with Gasteiger partial charge in [0.25, 0.3) is 0 Å². The maximum atomic E-state index is 14.0. The Morgan fingerprint density at radius 2 is 1.15 bits per heavy atom. The van der Waals surface area contributed by atoms with Crippen LogP contribution >= 0.6 is 0 Å². The van der Waals surface area contributed by atoms with Gasteiger partial charge in [-0.15, -0.1) is 0 Å². The molecule has 2 aliphatic heterocycles. The number of esters is 2. The molecule has 6 nitrogen and oxygen atoms in total. The summed E-state index contributed by atoms with van der Waals surface area (Å²) in [6.45, 7) is 17.6. The number of ether oxygens (including phenoxy) is 2. The molecule has 4 atom stereocenters. The molecule has 6 heteroatoms. The first kappa shape index (κ1) is 33.5. The highest BCUT2D eigenvalue weighted by Gasteiger charge is 2.44. The van der Waals surface area contributed by atoms with E-state index in [1.165, 1.54) is 5.39 Å². The number of carbonyl (C=O) groups excluding carboxylic acids is 2. The summed E-state index contributed by atoms with van der Waals surface area (Å²) >= 11 is 0. The van der Waals surface area contributed by atoms with Gasteiger partial charge >= 0.3 is 11.9 Å². The first-order valence-electron chi connectivity index (χ1n) is 18.0. The third-order valence-electron chi connectivity index (χ3n) is 11.4. The van der Waals surface area contributed by atoms with Gasteiger partial charge in [0.05, 0.1) is 11.5 Å². The molecule has 2 aromatic carbocycles. The lowest BCUT2D eigenvalue weighted by atomic mass is 9.63. The predicted molar refractivity (Wildman–Crippen MR) is 185 cm³/mol. The molecule has 0 bridgehead atoms. The fraction of sp³-hybridized carbons (Fsp3) is 0.700. The average Bonchev–Trinajstić information content (AvgIpc) is 2.92. The van der Waals surface area contributed by atoms with Crippen molar-refractivity contribution in [1.29, 1.82) is 0 Å². The van der Waals surface area contributed by atoms with Crippen molar-refractivity contribution in [3.05, 3.63) is 47.5 Å². The van der Waals surface area contributed by atoms with E-state index in [2.05, 4.69) is 96.4 Å². The molecule has 2 heterocycles. The summed E-state index contributed by atoms with van der Waals surface area (Å²) in [6.07, 6.45) is 9.23. The molecule has 2 saturated heterocycles. The predicted octanol–water partition coefficient (Wildman–Crippen LogP) is 8.46. The van der Waals surface area contributed by atoms with Crippen LogP contribution in [0.5, 0.6) is 0 Å². The molecule has 6 rings (SSSR count). The van der Waals surface area contributed by atoms with Crippen LogP contribution in [-0.2, 0) is 14.3 Å². The maximum Gasteiger partial charge on any atom is 0.338 e. The largest absolute Gasteiger partial charge is 0.462 e. The lowest BCUT2D eigenvalue weighted by molar-refractivity contribution is -0.160. The third kappa shape index (κ3) is 7.65. The summed E-state index contributed by atoms with van der Waals surface area (Å²) in [4.78, 5) is 27.4. The number of piperidine rings is 2. The van der Waals surface area contributed by atoms with Gasteiger partial charge in [-0.3, -0.25) is 4.79 Å². The van der Waals surface area contributed by atoms with Crippen molar-refractivity contribution < 1.29 is 19.1 Å². The molecule has 0 spiro atoms. The fourth-order valence-corrected chi connectivity index (χ4v) is 10.3. The summed E-state index contributed by atoms with van der Waals surface area (Å²) in [5.74, 6) is 1.26. The second-order valence-electron chi connectivity index (χ2n) is 18.0. The quantitative estimate of drug-likeness (QED) is 0.323. The van der Waals surface area contributed by atoms with Crippen molar-refractivity contribution >= 4 is 22.7 Å². The summed E-state index contributed by atoms with van der Waals surface area (Å²) in [5.41, 5.74) is 1.61. The maximum absolute atomic E-state index is 14.0. The second kappa shape index (κ2) is 12.2. The van der Waals surface area contributed by atoms with Gasteiger partial charge in [-0.2, -0.15) is 0 Å². The van der Waals surface area contributed by atoms with E-state index in [0.29, 0.717) is 17.8 Å². The highest BCUT2D eigenvalue weighted by Crippen LogP contribution is 2.49. The van der Waals surface area contributed by atoms with Crippen LogP contribution in [0.4, 0.5) is 0 Å². The molecule has 4 fully saturated rings. The molecular weight excluding hydrogens is 572 g/mol. The molecule has 0 amide bonds. The van der Waals surface area contributed by atoms with Crippen LogP contribution in [0.25, 0.3) is 10.8 Å². The van der Waals surface area contributed by atoms with E-state index >= 15 is 0 Å². The zero-order chi connectivity index (χ0) is 33.1. The molecule has 0 radical (unpaired) electrons. The molecule has 4 aliphatic rings. The lowest BCUT2D eigenvalue weighted by Crippen LogP contribution is -2.59. The Labute approximate surface area is 277 Å². The minimum absolute atomic E-state index is 0.00334. The molecule has 2 aliphatic carbocycles. The van der Waals surface area contributed by atoms with Gasteiger partial charge in [0.1, 0.15) is 12.2 Å². The van der Waals surface area contributed by atoms with Crippen molar-refractivity contribution in [1.82, 2.24) is 10.6 Å². The van der Waals surface area contributed by atoms with Crippen molar-refractivity contribution in [2.45, 2.75) is 160 Å². The summed E-state index contributed by atoms with van der Waals surface area (Å²) in [7, 11) is 0. The molecule has 2 aromatic rings. The zero-order valence-electron chi connectivity index (χ0n) is 29.6. The van der Waals surface area contributed by atoms with Crippen molar-refractivity contribution in [2.75, 3.05) is 0 Å². The molecule has 4 unspecified atom stereocenters. The number of benzene rings is 2. The molecule has 0 aromatic heterocycles. The monoisotopic (exact) mass is 630 g/mol. The summed E-state index contributed by atoms with van der Waals surface area (Å²) in [5, 5.41) is 9.65. The number of rotatable bonds is 5. The Morgan fingerprint density at radius 1 is 0.652 bits per heavy atom. The van der Waals surface area contributed by atoms with Gasteiger partial charge in [0.2, 0.25) is 0 Å². The number of hydrogen-bond acceptors (Lipinski definition) is 6. The van der Waals surface area contributed by atoms with Crippen LogP contribution in [0, 0.1) is 17.8 Å². The van der Waals surface area contributed by atoms with E-state index < -0.39 is 0 Å². The summed E-state index contributed by atoms with van der Waals surface area (Å²) in [6, 6.07) is 12.7. The number of carbonyl (C=O) groups is 2. The van der Waals surface area contributed by atoms with E-state index in [4.69, 9.17) is 9.47 Å². The Kier molecular flexibility index (Phi) is 8.89. The Hall–Kier alpha value is -2.44. The summed E-state index contributed by atoms with van der Waals surface area (Å²) < 4.78 is 12.5. The smallest absolute Gasteiger partial charge is 0.338 e. The van der Waals surface area contributed by atoms with Crippen molar-refractivity contribution in [3.63, 3.8) is 0 Å². The molecule has 2 saturated carbocycles. The molecule has 252 valence electrons.